The summed E-state index contributed by atoms with van der Waals surface area (Å²) in [6, 6.07) is 9.85. The maximum atomic E-state index is 13.7. The molecule has 0 aliphatic carbocycles. The third kappa shape index (κ3) is 3.35. The smallest absolute Gasteiger partial charge is 0.314 e. The zero-order valence-electron chi connectivity index (χ0n) is 11.3. The third-order valence-electron chi connectivity index (χ3n) is 3.01. The maximum absolute atomic E-state index is 13.7. The van der Waals surface area contributed by atoms with Crippen molar-refractivity contribution in [3.05, 3.63) is 64.0 Å². The highest BCUT2D eigenvalue weighted by atomic mass is 19.1. The largest absolute Gasteiger partial charge is 0.447 e. The molecule has 2 aromatic carbocycles. The summed E-state index contributed by atoms with van der Waals surface area (Å²) in [5.74, 6) is -0.969. The van der Waals surface area contributed by atoms with Gasteiger partial charge in [-0.15, -0.1) is 0 Å². The van der Waals surface area contributed by atoms with E-state index in [4.69, 9.17) is 4.74 Å². The third-order valence-corrected chi connectivity index (χ3v) is 3.01. The van der Waals surface area contributed by atoms with Gasteiger partial charge in [0.2, 0.25) is 5.75 Å². The minimum absolute atomic E-state index is 0.259. The van der Waals surface area contributed by atoms with Gasteiger partial charge in [0, 0.05) is 6.07 Å². The summed E-state index contributed by atoms with van der Waals surface area (Å²) in [6.45, 7) is 1.85. The van der Waals surface area contributed by atoms with E-state index < -0.39 is 28.3 Å². The molecule has 0 fully saturated rings. The predicted molar refractivity (Wildman–Crippen MR) is 74.8 cm³/mol. The molecule has 1 atom stereocenters. The molecule has 5 nitrogen and oxygen atoms in total. The van der Waals surface area contributed by atoms with Gasteiger partial charge in [0.1, 0.15) is 5.75 Å². The Morgan fingerprint density at radius 3 is 2.52 bits per heavy atom. The van der Waals surface area contributed by atoms with E-state index in [1.54, 1.807) is 12.1 Å². The van der Waals surface area contributed by atoms with E-state index in [9.17, 15) is 19.6 Å². The zero-order chi connectivity index (χ0) is 15.4. The molecule has 21 heavy (non-hydrogen) atoms. The van der Waals surface area contributed by atoms with Crippen molar-refractivity contribution in [1.29, 1.82) is 0 Å². The first-order chi connectivity index (χ1) is 10.0. The van der Waals surface area contributed by atoms with E-state index in [0.29, 0.717) is 12.0 Å². The topological polar surface area (TPSA) is 72.6 Å². The number of hydrogen-bond donors (Lipinski definition) is 1. The van der Waals surface area contributed by atoms with Crippen LogP contribution >= 0.6 is 0 Å². The Kier molecular flexibility index (Phi) is 4.49. The Hall–Kier alpha value is -2.47. The van der Waals surface area contributed by atoms with Crippen molar-refractivity contribution in [1.82, 2.24) is 0 Å². The first-order valence-electron chi connectivity index (χ1n) is 6.41. The lowest BCUT2D eigenvalue weighted by Gasteiger charge is -2.10. The number of ether oxygens (including phenoxy) is 1. The quantitative estimate of drug-likeness (QED) is 0.668. The lowest BCUT2D eigenvalue weighted by molar-refractivity contribution is -0.385. The Bertz CT molecular complexity index is 643. The summed E-state index contributed by atoms with van der Waals surface area (Å²) in [7, 11) is 0. The van der Waals surface area contributed by atoms with Crippen molar-refractivity contribution in [2.45, 2.75) is 19.4 Å². The normalized spacial score (nSPS) is 12.0. The van der Waals surface area contributed by atoms with Crippen LogP contribution in [0.5, 0.6) is 11.5 Å². The van der Waals surface area contributed by atoms with Crippen LogP contribution in [0.3, 0.4) is 0 Å². The highest BCUT2D eigenvalue weighted by Gasteiger charge is 2.20. The summed E-state index contributed by atoms with van der Waals surface area (Å²) in [6.07, 6.45) is -0.0132. The average Bonchev–Trinajstić information content (AvgIpc) is 2.49. The monoisotopic (exact) mass is 291 g/mol. The van der Waals surface area contributed by atoms with E-state index in [2.05, 4.69) is 0 Å². The standard InChI is InChI=1S/C15H14FNO4/c1-2-14(18)10-6-8-11(9-7-10)21-15-12(16)4-3-5-13(15)17(19)20/h3-9,14,18H,2H2,1H3/t14-/m1/s1. The molecular formula is C15H14FNO4. The Balaban J connectivity index is 2.28. The molecular weight excluding hydrogens is 277 g/mol. The molecule has 0 aromatic heterocycles. The van der Waals surface area contributed by atoms with Gasteiger partial charge in [0.25, 0.3) is 0 Å². The Labute approximate surface area is 120 Å². The van der Waals surface area contributed by atoms with Crippen LogP contribution in [0.25, 0.3) is 0 Å². The van der Waals surface area contributed by atoms with Crippen molar-refractivity contribution in [2.75, 3.05) is 0 Å². The highest BCUT2D eigenvalue weighted by molar-refractivity contribution is 5.49. The van der Waals surface area contributed by atoms with E-state index in [0.717, 1.165) is 6.07 Å². The van der Waals surface area contributed by atoms with E-state index in [1.807, 2.05) is 6.92 Å². The second-order valence-corrected chi connectivity index (χ2v) is 4.44. The molecule has 0 bridgehead atoms. The van der Waals surface area contributed by atoms with Gasteiger partial charge in [0.05, 0.1) is 11.0 Å². The van der Waals surface area contributed by atoms with Gasteiger partial charge in [-0.1, -0.05) is 25.1 Å². The van der Waals surface area contributed by atoms with Crippen molar-refractivity contribution >= 4 is 5.69 Å². The first-order valence-corrected chi connectivity index (χ1v) is 6.41. The van der Waals surface area contributed by atoms with Gasteiger partial charge < -0.3 is 9.84 Å². The molecule has 2 aromatic rings. The van der Waals surface area contributed by atoms with Gasteiger partial charge in [0.15, 0.2) is 5.82 Å². The van der Waals surface area contributed by atoms with Crippen LogP contribution in [0.4, 0.5) is 10.1 Å². The SMILES string of the molecule is CC[C@@H](O)c1ccc(Oc2c(F)cccc2[N+](=O)[O-])cc1. The number of aliphatic hydroxyl groups is 1. The number of benzene rings is 2. The second kappa shape index (κ2) is 6.32. The molecule has 0 aliphatic heterocycles. The number of nitro benzene ring substituents is 1. The number of nitrogens with zero attached hydrogens (tertiary/aromatic N) is 1. The number of halogens is 1. The van der Waals surface area contributed by atoms with E-state index in [-0.39, 0.29) is 5.75 Å². The Morgan fingerprint density at radius 1 is 1.29 bits per heavy atom. The number of nitro groups is 1. The van der Waals surface area contributed by atoms with Crippen LogP contribution in [0, 0.1) is 15.9 Å². The lowest BCUT2D eigenvalue weighted by atomic mass is 10.1. The summed E-state index contributed by atoms with van der Waals surface area (Å²) in [5, 5.41) is 20.6. The molecule has 0 radical (unpaired) electrons. The van der Waals surface area contributed by atoms with Crippen LogP contribution in [-0.4, -0.2) is 10.0 Å². The highest BCUT2D eigenvalue weighted by Crippen LogP contribution is 2.34. The van der Waals surface area contributed by atoms with Gasteiger partial charge in [-0.25, -0.2) is 4.39 Å². The minimum Gasteiger partial charge on any atom is -0.447 e. The van der Waals surface area contributed by atoms with Crippen molar-refractivity contribution in [2.24, 2.45) is 0 Å². The summed E-state index contributed by atoms with van der Waals surface area (Å²) in [5.41, 5.74) is 0.264. The van der Waals surface area contributed by atoms with Crippen LogP contribution < -0.4 is 4.74 Å². The van der Waals surface area contributed by atoms with Gasteiger partial charge in [-0.2, -0.15) is 0 Å². The molecule has 6 heteroatoms. The molecule has 0 amide bonds. The maximum Gasteiger partial charge on any atom is 0.314 e. The molecule has 0 saturated heterocycles. The molecule has 0 spiro atoms. The summed E-state index contributed by atoms with van der Waals surface area (Å²) >= 11 is 0. The minimum atomic E-state index is -0.804. The molecule has 0 aliphatic rings. The van der Waals surface area contributed by atoms with Gasteiger partial charge >= 0.3 is 5.69 Å². The van der Waals surface area contributed by atoms with Gasteiger partial charge in [-0.05, 0) is 30.2 Å². The molecule has 0 unspecified atom stereocenters. The fourth-order valence-corrected chi connectivity index (χ4v) is 1.85. The second-order valence-electron chi connectivity index (χ2n) is 4.44. The number of para-hydroxylation sites is 1. The molecule has 1 N–H and O–H groups in total. The fourth-order valence-electron chi connectivity index (χ4n) is 1.85. The number of hydrogen-bond acceptors (Lipinski definition) is 4. The van der Waals surface area contributed by atoms with Crippen LogP contribution in [-0.2, 0) is 0 Å². The van der Waals surface area contributed by atoms with Crippen molar-refractivity contribution in [3.8, 4) is 11.5 Å². The fraction of sp³-hybridized carbons (Fsp3) is 0.200. The van der Waals surface area contributed by atoms with Crippen LogP contribution in [0.15, 0.2) is 42.5 Å². The number of rotatable bonds is 5. The average molecular weight is 291 g/mol. The summed E-state index contributed by atoms with van der Waals surface area (Å²) < 4.78 is 19.0. The van der Waals surface area contributed by atoms with Gasteiger partial charge in [-0.3, -0.25) is 10.1 Å². The summed E-state index contributed by atoms with van der Waals surface area (Å²) in [4.78, 5) is 10.2. The van der Waals surface area contributed by atoms with Crippen LogP contribution in [0.2, 0.25) is 0 Å². The first kappa shape index (κ1) is 14.9. The molecule has 110 valence electrons. The molecule has 0 saturated carbocycles. The lowest BCUT2D eigenvalue weighted by Crippen LogP contribution is -1.97. The van der Waals surface area contributed by atoms with E-state index >= 15 is 0 Å². The van der Waals surface area contributed by atoms with Crippen molar-refractivity contribution < 1.29 is 19.2 Å². The molecule has 0 heterocycles. The van der Waals surface area contributed by atoms with E-state index in [1.165, 1.54) is 24.3 Å². The molecule has 2 rings (SSSR count). The van der Waals surface area contributed by atoms with Crippen molar-refractivity contribution in [3.63, 3.8) is 0 Å². The zero-order valence-corrected chi connectivity index (χ0v) is 11.3. The Morgan fingerprint density at radius 2 is 1.95 bits per heavy atom. The number of aliphatic hydroxyl groups excluding tert-OH is 1. The predicted octanol–water partition coefficient (Wildman–Crippen LogP) is 3.97. The van der Waals surface area contributed by atoms with Crippen LogP contribution in [0.1, 0.15) is 25.0 Å².